The maximum absolute atomic E-state index is 12.5. The van der Waals surface area contributed by atoms with E-state index in [1.165, 1.54) is 14.0 Å². The number of esters is 1. The number of methoxy groups -OCH3 is 2. The van der Waals surface area contributed by atoms with Gasteiger partial charge in [0.25, 0.3) is 5.91 Å². The first kappa shape index (κ1) is 19.8. The van der Waals surface area contributed by atoms with Crippen LogP contribution in [0.1, 0.15) is 17.4 Å². The summed E-state index contributed by atoms with van der Waals surface area (Å²) >= 11 is 3.33. The Kier molecular flexibility index (Phi) is 5.89. The van der Waals surface area contributed by atoms with Crippen LogP contribution in [0.2, 0.25) is 0 Å². The number of nitrogens with one attached hydrogen (secondary N) is 2. The molecule has 146 valence electrons. The van der Waals surface area contributed by atoms with Gasteiger partial charge in [0.2, 0.25) is 0 Å². The van der Waals surface area contributed by atoms with Gasteiger partial charge in [0, 0.05) is 21.6 Å². The van der Waals surface area contributed by atoms with Gasteiger partial charge in [-0.2, -0.15) is 0 Å². The number of ether oxygens (including phenoxy) is 3. The highest BCUT2D eigenvalue weighted by Crippen LogP contribution is 2.31. The first-order valence-corrected chi connectivity index (χ1v) is 9.22. The predicted molar refractivity (Wildman–Crippen MR) is 109 cm³/mol. The molecule has 0 aliphatic heterocycles. The van der Waals surface area contributed by atoms with Gasteiger partial charge in [-0.25, -0.2) is 4.79 Å². The molecule has 3 aromatic rings. The first-order chi connectivity index (χ1) is 13.4. The molecule has 1 amide bonds. The van der Waals surface area contributed by atoms with Crippen molar-refractivity contribution in [3.63, 3.8) is 0 Å². The molecule has 0 saturated heterocycles. The van der Waals surface area contributed by atoms with E-state index in [1.54, 1.807) is 49.6 Å². The molecule has 0 radical (unpaired) electrons. The number of H-pyrrole nitrogens is 1. The largest absolute Gasteiger partial charge is 0.497 e. The Balaban J connectivity index is 1.73. The van der Waals surface area contributed by atoms with E-state index < -0.39 is 18.0 Å². The van der Waals surface area contributed by atoms with E-state index >= 15 is 0 Å². The van der Waals surface area contributed by atoms with E-state index in [9.17, 15) is 9.59 Å². The van der Waals surface area contributed by atoms with Crippen LogP contribution in [0, 0.1) is 0 Å². The molecule has 1 atom stereocenters. The van der Waals surface area contributed by atoms with Crippen LogP contribution in [-0.2, 0) is 9.53 Å². The van der Waals surface area contributed by atoms with Crippen LogP contribution in [0.5, 0.6) is 11.5 Å². The van der Waals surface area contributed by atoms with E-state index in [0.717, 1.165) is 9.86 Å². The molecule has 2 aromatic carbocycles. The minimum Gasteiger partial charge on any atom is -0.497 e. The number of anilines is 1. The van der Waals surface area contributed by atoms with Gasteiger partial charge in [-0.3, -0.25) is 4.79 Å². The molecule has 0 spiro atoms. The summed E-state index contributed by atoms with van der Waals surface area (Å²) in [5, 5.41) is 3.43. The Morgan fingerprint density at radius 1 is 1.07 bits per heavy atom. The van der Waals surface area contributed by atoms with Crippen molar-refractivity contribution in [3.8, 4) is 11.5 Å². The van der Waals surface area contributed by atoms with Crippen LogP contribution in [0.4, 0.5) is 5.69 Å². The average molecular weight is 447 g/mol. The quantitative estimate of drug-likeness (QED) is 0.555. The summed E-state index contributed by atoms with van der Waals surface area (Å²) < 4.78 is 16.7. The highest BCUT2D eigenvalue weighted by Gasteiger charge is 2.21. The zero-order valence-corrected chi connectivity index (χ0v) is 17.1. The van der Waals surface area contributed by atoms with E-state index in [4.69, 9.17) is 14.2 Å². The number of hydrogen-bond acceptors (Lipinski definition) is 5. The SMILES string of the molecule is COc1cc(OC)c2[nH]c(C(=O)OC(C)C(=O)Nc3ccc(Br)cc3)cc2c1. The fourth-order valence-corrected chi connectivity index (χ4v) is 2.89. The van der Waals surface area contributed by atoms with Crippen LogP contribution in [0.3, 0.4) is 0 Å². The van der Waals surface area contributed by atoms with Crippen molar-refractivity contribution in [2.24, 2.45) is 0 Å². The lowest BCUT2D eigenvalue weighted by atomic mass is 10.2. The zero-order chi connectivity index (χ0) is 20.3. The second kappa shape index (κ2) is 8.35. The normalized spacial score (nSPS) is 11.7. The van der Waals surface area contributed by atoms with Gasteiger partial charge >= 0.3 is 5.97 Å². The van der Waals surface area contributed by atoms with Gasteiger partial charge in [-0.05, 0) is 43.3 Å². The van der Waals surface area contributed by atoms with E-state index in [0.29, 0.717) is 22.7 Å². The van der Waals surface area contributed by atoms with Crippen molar-refractivity contribution in [2.45, 2.75) is 13.0 Å². The van der Waals surface area contributed by atoms with E-state index in [2.05, 4.69) is 26.2 Å². The van der Waals surface area contributed by atoms with Crippen molar-refractivity contribution < 1.29 is 23.8 Å². The summed E-state index contributed by atoms with van der Waals surface area (Å²) in [5.41, 5.74) is 1.46. The lowest BCUT2D eigenvalue weighted by Crippen LogP contribution is -2.30. The second-order valence-electron chi connectivity index (χ2n) is 6.02. The van der Waals surface area contributed by atoms with E-state index in [1.807, 2.05) is 0 Å². The molecule has 1 heterocycles. The molecule has 0 aliphatic carbocycles. The highest BCUT2D eigenvalue weighted by atomic mass is 79.9. The fourth-order valence-electron chi connectivity index (χ4n) is 2.63. The number of benzene rings is 2. The Morgan fingerprint density at radius 2 is 1.79 bits per heavy atom. The van der Waals surface area contributed by atoms with Gasteiger partial charge in [0.1, 0.15) is 17.2 Å². The summed E-state index contributed by atoms with van der Waals surface area (Å²) in [4.78, 5) is 27.7. The minimum atomic E-state index is -0.973. The Morgan fingerprint density at radius 3 is 2.43 bits per heavy atom. The molecule has 0 bridgehead atoms. The molecule has 0 aliphatic rings. The summed E-state index contributed by atoms with van der Waals surface area (Å²) in [6, 6.07) is 12.2. The number of carbonyl (C=O) groups is 2. The van der Waals surface area contributed by atoms with Crippen LogP contribution >= 0.6 is 15.9 Å². The number of hydrogen-bond donors (Lipinski definition) is 2. The molecule has 3 rings (SSSR count). The molecular formula is C20H19BrN2O5. The van der Waals surface area contributed by atoms with Crippen LogP contribution in [-0.4, -0.2) is 37.2 Å². The molecule has 7 nitrogen and oxygen atoms in total. The van der Waals surface area contributed by atoms with Crippen molar-refractivity contribution >= 4 is 44.4 Å². The third-order valence-electron chi connectivity index (χ3n) is 4.11. The Bertz CT molecular complexity index is 1010. The van der Waals surface area contributed by atoms with Gasteiger partial charge in [-0.1, -0.05) is 15.9 Å². The third kappa shape index (κ3) is 4.28. The summed E-state index contributed by atoms with van der Waals surface area (Å²) in [5.74, 6) is 0.0710. The van der Waals surface area contributed by atoms with Gasteiger partial charge in [0.15, 0.2) is 6.10 Å². The molecule has 0 fully saturated rings. The number of aromatic amines is 1. The molecule has 2 N–H and O–H groups in total. The third-order valence-corrected chi connectivity index (χ3v) is 4.63. The molecule has 1 unspecified atom stereocenters. The number of carbonyl (C=O) groups excluding carboxylic acids is 2. The van der Waals surface area contributed by atoms with Gasteiger partial charge < -0.3 is 24.5 Å². The Labute approximate surface area is 170 Å². The Hall–Kier alpha value is -3.00. The van der Waals surface area contributed by atoms with Crippen LogP contribution in [0.15, 0.2) is 46.9 Å². The van der Waals surface area contributed by atoms with Gasteiger partial charge in [0.05, 0.1) is 19.7 Å². The number of amides is 1. The second-order valence-corrected chi connectivity index (χ2v) is 6.94. The van der Waals surface area contributed by atoms with Crippen LogP contribution < -0.4 is 14.8 Å². The van der Waals surface area contributed by atoms with Crippen molar-refractivity contribution in [2.75, 3.05) is 19.5 Å². The number of fused-ring (bicyclic) bond motifs is 1. The molecule has 28 heavy (non-hydrogen) atoms. The lowest BCUT2D eigenvalue weighted by Gasteiger charge is -2.13. The average Bonchev–Trinajstić information content (AvgIpc) is 3.13. The molecular weight excluding hydrogens is 428 g/mol. The summed E-state index contributed by atoms with van der Waals surface area (Å²) in [7, 11) is 3.08. The molecule has 1 aromatic heterocycles. The van der Waals surface area contributed by atoms with E-state index in [-0.39, 0.29) is 5.69 Å². The smallest absolute Gasteiger partial charge is 0.355 e. The topological polar surface area (TPSA) is 89.7 Å². The molecule has 8 heteroatoms. The summed E-state index contributed by atoms with van der Waals surface area (Å²) in [6.07, 6.45) is -0.973. The summed E-state index contributed by atoms with van der Waals surface area (Å²) in [6.45, 7) is 1.51. The van der Waals surface area contributed by atoms with Crippen molar-refractivity contribution in [1.82, 2.24) is 4.98 Å². The highest BCUT2D eigenvalue weighted by molar-refractivity contribution is 9.10. The predicted octanol–water partition coefficient (Wildman–Crippen LogP) is 4.13. The number of rotatable bonds is 6. The van der Waals surface area contributed by atoms with Gasteiger partial charge in [-0.15, -0.1) is 0 Å². The van der Waals surface area contributed by atoms with Crippen LogP contribution in [0.25, 0.3) is 10.9 Å². The number of halogens is 1. The standard InChI is InChI=1S/C20H19BrN2O5/c1-11(19(24)22-14-6-4-13(21)5-7-14)28-20(25)16-9-12-8-15(26-2)10-17(27-3)18(12)23-16/h4-11,23H,1-3H3,(H,22,24). The zero-order valence-electron chi connectivity index (χ0n) is 15.5. The fraction of sp³-hybridized carbons (Fsp3) is 0.200. The number of aromatic nitrogens is 1. The maximum atomic E-state index is 12.5. The monoisotopic (exact) mass is 446 g/mol. The lowest BCUT2D eigenvalue weighted by molar-refractivity contribution is -0.123. The first-order valence-electron chi connectivity index (χ1n) is 8.43. The minimum absolute atomic E-state index is 0.213. The maximum Gasteiger partial charge on any atom is 0.355 e. The molecule has 0 saturated carbocycles. The van der Waals surface area contributed by atoms with Crippen molar-refractivity contribution in [3.05, 3.63) is 52.6 Å². The van der Waals surface area contributed by atoms with Crippen molar-refractivity contribution in [1.29, 1.82) is 0 Å².